The van der Waals surface area contributed by atoms with Gasteiger partial charge in [0.25, 0.3) is 0 Å². The van der Waals surface area contributed by atoms with Crippen LogP contribution in [0.2, 0.25) is 0 Å². The van der Waals surface area contributed by atoms with E-state index in [0.29, 0.717) is 12.5 Å². The first kappa shape index (κ1) is 9.93. The first-order chi connectivity index (χ1) is 6.74. The molecule has 2 fully saturated rings. The van der Waals surface area contributed by atoms with Crippen LogP contribution in [0, 0.1) is 0 Å². The molecule has 14 heavy (non-hydrogen) atoms. The number of nitrogens with zero attached hydrogens (tertiary/aromatic N) is 2. The van der Waals surface area contributed by atoms with Crippen molar-refractivity contribution in [1.29, 1.82) is 0 Å². The second kappa shape index (κ2) is 3.87. The molecular weight excluding hydrogens is 180 g/mol. The Balaban J connectivity index is 2.04. The van der Waals surface area contributed by atoms with E-state index in [-0.39, 0.29) is 18.6 Å². The van der Waals surface area contributed by atoms with Crippen molar-refractivity contribution in [3.8, 4) is 0 Å². The maximum atomic E-state index is 11.6. The van der Waals surface area contributed by atoms with Crippen LogP contribution in [0.4, 0.5) is 0 Å². The number of hydrogen-bond acceptors (Lipinski definition) is 3. The number of hydrazine groups is 1. The van der Waals surface area contributed by atoms with Crippen molar-refractivity contribution in [2.45, 2.75) is 44.7 Å². The lowest BCUT2D eigenvalue weighted by Crippen LogP contribution is -2.53. The third-order valence-electron chi connectivity index (χ3n) is 3.28. The molecule has 0 radical (unpaired) electrons. The highest BCUT2D eigenvalue weighted by Gasteiger charge is 2.39. The summed E-state index contributed by atoms with van der Waals surface area (Å²) in [5, 5.41) is 13.0. The zero-order chi connectivity index (χ0) is 10.1. The van der Waals surface area contributed by atoms with Gasteiger partial charge in [0.1, 0.15) is 0 Å². The zero-order valence-electron chi connectivity index (χ0n) is 8.65. The lowest BCUT2D eigenvalue weighted by molar-refractivity contribution is -0.151. The molecule has 2 rings (SSSR count). The standard InChI is InChI=1S/C10H18N2O2/c1-8(7-13)11-6-5-10(14)12(11)9-3-2-4-9/h8-9,13H,2-7H2,1H3. The average Bonchev–Trinajstić information content (AvgIpc) is 2.45. The molecule has 0 spiro atoms. The highest BCUT2D eigenvalue weighted by molar-refractivity contribution is 5.78. The van der Waals surface area contributed by atoms with Crippen LogP contribution in [-0.2, 0) is 4.79 Å². The van der Waals surface area contributed by atoms with Crippen molar-refractivity contribution in [2.75, 3.05) is 13.2 Å². The molecule has 1 aliphatic carbocycles. The van der Waals surface area contributed by atoms with Crippen molar-refractivity contribution in [3.63, 3.8) is 0 Å². The minimum absolute atomic E-state index is 0.0713. The molecule has 0 bridgehead atoms. The van der Waals surface area contributed by atoms with Crippen LogP contribution in [0.25, 0.3) is 0 Å². The highest BCUT2D eigenvalue weighted by Crippen LogP contribution is 2.30. The normalized spacial score (nSPS) is 26.7. The van der Waals surface area contributed by atoms with E-state index in [1.165, 1.54) is 6.42 Å². The van der Waals surface area contributed by atoms with Gasteiger partial charge in [0.2, 0.25) is 5.91 Å². The van der Waals surface area contributed by atoms with Crippen molar-refractivity contribution in [2.24, 2.45) is 0 Å². The van der Waals surface area contributed by atoms with Gasteiger partial charge in [-0.2, -0.15) is 0 Å². The van der Waals surface area contributed by atoms with Crippen LogP contribution in [0.1, 0.15) is 32.6 Å². The number of amides is 1. The van der Waals surface area contributed by atoms with E-state index in [2.05, 4.69) is 0 Å². The average molecular weight is 198 g/mol. The topological polar surface area (TPSA) is 43.8 Å². The summed E-state index contributed by atoms with van der Waals surface area (Å²) in [5.74, 6) is 0.231. The fraction of sp³-hybridized carbons (Fsp3) is 0.900. The summed E-state index contributed by atoms with van der Waals surface area (Å²) in [5.41, 5.74) is 0. The van der Waals surface area contributed by atoms with E-state index in [9.17, 15) is 4.79 Å². The van der Waals surface area contributed by atoms with E-state index >= 15 is 0 Å². The number of carbonyl (C=O) groups is 1. The van der Waals surface area contributed by atoms with Crippen LogP contribution < -0.4 is 0 Å². The SMILES string of the molecule is CC(CO)N1CCC(=O)N1C1CCC1. The van der Waals surface area contributed by atoms with Gasteiger partial charge in [-0.25, -0.2) is 5.01 Å². The first-order valence-electron chi connectivity index (χ1n) is 5.43. The number of aliphatic hydroxyl groups is 1. The van der Waals surface area contributed by atoms with Gasteiger partial charge in [0.05, 0.1) is 6.61 Å². The molecule has 0 aromatic heterocycles. The van der Waals surface area contributed by atoms with Crippen LogP contribution in [0.15, 0.2) is 0 Å². The molecule has 4 heteroatoms. The summed E-state index contributed by atoms with van der Waals surface area (Å²) in [6.07, 6.45) is 4.09. The molecule has 1 amide bonds. The Bertz CT molecular complexity index is 228. The predicted octanol–water partition coefficient (Wildman–Crippen LogP) is 0.369. The van der Waals surface area contributed by atoms with Gasteiger partial charge in [0.15, 0.2) is 0 Å². The Labute approximate surface area is 84.5 Å². The predicted molar refractivity (Wildman–Crippen MR) is 52.4 cm³/mol. The van der Waals surface area contributed by atoms with E-state index in [1.54, 1.807) is 0 Å². The lowest BCUT2D eigenvalue weighted by Gasteiger charge is -2.42. The maximum Gasteiger partial charge on any atom is 0.238 e. The van der Waals surface area contributed by atoms with E-state index in [1.807, 2.05) is 16.9 Å². The van der Waals surface area contributed by atoms with E-state index in [4.69, 9.17) is 5.11 Å². The molecule has 80 valence electrons. The number of aliphatic hydroxyl groups excluding tert-OH is 1. The summed E-state index contributed by atoms with van der Waals surface area (Å²) in [7, 11) is 0. The third kappa shape index (κ3) is 1.53. The Hall–Kier alpha value is -0.610. The summed E-state index contributed by atoms with van der Waals surface area (Å²) < 4.78 is 0. The summed E-state index contributed by atoms with van der Waals surface area (Å²) in [4.78, 5) is 11.6. The molecule has 1 saturated heterocycles. The second-order valence-corrected chi connectivity index (χ2v) is 4.27. The molecule has 1 unspecified atom stereocenters. The number of hydrogen-bond donors (Lipinski definition) is 1. The zero-order valence-corrected chi connectivity index (χ0v) is 8.65. The number of rotatable bonds is 3. The molecule has 1 heterocycles. The molecule has 1 aliphatic heterocycles. The van der Waals surface area contributed by atoms with E-state index in [0.717, 1.165) is 19.4 Å². The molecule has 0 aromatic carbocycles. The van der Waals surface area contributed by atoms with Gasteiger partial charge in [-0.05, 0) is 26.2 Å². The van der Waals surface area contributed by atoms with Gasteiger partial charge in [-0.1, -0.05) is 0 Å². The minimum Gasteiger partial charge on any atom is -0.395 e. The summed E-state index contributed by atoms with van der Waals surface area (Å²) in [6, 6.07) is 0.487. The maximum absolute atomic E-state index is 11.6. The molecule has 4 nitrogen and oxygen atoms in total. The Kier molecular flexibility index (Phi) is 2.74. The van der Waals surface area contributed by atoms with Gasteiger partial charge < -0.3 is 5.11 Å². The summed E-state index contributed by atoms with van der Waals surface area (Å²) >= 11 is 0. The molecule has 1 saturated carbocycles. The van der Waals surface area contributed by atoms with E-state index < -0.39 is 0 Å². The lowest BCUT2D eigenvalue weighted by atomic mass is 9.92. The van der Waals surface area contributed by atoms with Crippen molar-refractivity contribution in [3.05, 3.63) is 0 Å². The number of carbonyl (C=O) groups excluding carboxylic acids is 1. The highest BCUT2D eigenvalue weighted by atomic mass is 16.3. The van der Waals surface area contributed by atoms with Crippen molar-refractivity contribution in [1.82, 2.24) is 10.0 Å². The van der Waals surface area contributed by atoms with Crippen LogP contribution >= 0.6 is 0 Å². The smallest absolute Gasteiger partial charge is 0.238 e. The van der Waals surface area contributed by atoms with Crippen molar-refractivity contribution >= 4 is 5.91 Å². The molecule has 1 N–H and O–H groups in total. The van der Waals surface area contributed by atoms with Crippen LogP contribution in [-0.4, -0.2) is 46.3 Å². The minimum atomic E-state index is 0.0713. The van der Waals surface area contributed by atoms with Gasteiger partial charge in [0, 0.05) is 25.0 Å². The van der Waals surface area contributed by atoms with Gasteiger partial charge >= 0.3 is 0 Å². The van der Waals surface area contributed by atoms with Crippen molar-refractivity contribution < 1.29 is 9.90 Å². The fourth-order valence-electron chi connectivity index (χ4n) is 2.15. The first-order valence-corrected chi connectivity index (χ1v) is 5.43. The monoisotopic (exact) mass is 198 g/mol. The Morgan fingerprint density at radius 3 is 2.79 bits per heavy atom. The molecule has 0 aromatic rings. The second-order valence-electron chi connectivity index (χ2n) is 4.27. The molecular formula is C10H18N2O2. The largest absolute Gasteiger partial charge is 0.395 e. The Morgan fingerprint density at radius 2 is 2.29 bits per heavy atom. The fourth-order valence-corrected chi connectivity index (χ4v) is 2.15. The Morgan fingerprint density at radius 1 is 1.57 bits per heavy atom. The van der Waals surface area contributed by atoms with Crippen LogP contribution in [0.3, 0.4) is 0 Å². The van der Waals surface area contributed by atoms with Gasteiger partial charge in [-0.3, -0.25) is 9.80 Å². The third-order valence-corrected chi connectivity index (χ3v) is 3.28. The summed E-state index contributed by atoms with van der Waals surface area (Å²) in [6.45, 7) is 2.86. The van der Waals surface area contributed by atoms with Crippen LogP contribution in [0.5, 0.6) is 0 Å². The van der Waals surface area contributed by atoms with Gasteiger partial charge in [-0.15, -0.1) is 0 Å². The molecule has 2 aliphatic rings. The molecule has 1 atom stereocenters. The quantitative estimate of drug-likeness (QED) is 0.712.